The summed E-state index contributed by atoms with van der Waals surface area (Å²) >= 11 is 1.33. The SMILES string of the molecule is CCn1c(CNC(=O)c2ccccc2)nnc1SCC(=O)Nc1ccccc1C(C)C. The van der Waals surface area contributed by atoms with Gasteiger partial charge in [-0.05, 0) is 36.6 Å². The summed E-state index contributed by atoms with van der Waals surface area (Å²) < 4.78 is 1.91. The number of rotatable bonds is 9. The van der Waals surface area contributed by atoms with E-state index in [-0.39, 0.29) is 24.1 Å². The van der Waals surface area contributed by atoms with E-state index in [1.807, 2.05) is 54.0 Å². The number of nitrogens with one attached hydrogen (secondary N) is 2. The molecule has 7 nitrogen and oxygen atoms in total. The van der Waals surface area contributed by atoms with Crippen LogP contribution >= 0.6 is 11.8 Å². The zero-order valence-corrected chi connectivity index (χ0v) is 18.8. The number of hydrogen-bond acceptors (Lipinski definition) is 5. The lowest BCUT2D eigenvalue weighted by molar-refractivity contribution is -0.113. The van der Waals surface area contributed by atoms with Gasteiger partial charge < -0.3 is 15.2 Å². The van der Waals surface area contributed by atoms with Crippen molar-refractivity contribution in [1.29, 1.82) is 0 Å². The normalized spacial score (nSPS) is 10.8. The molecule has 2 N–H and O–H groups in total. The summed E-state index contributed by atoms with van der Waals surface area (Å²) in [6.07, 6.45) is 0. The lowest BCUT2D eigenvalue weighted by Gasteiger charge is -2.13. The first-order chi connectivity index (χ1) is 15.0. The Morgan fingerprint density at radius 3 is 2.45 bits per heavy atom. The molecule has 2 amide bonds. The van der Waals surface area contributed by atoms with Crippen LogP contribution in [-0.2, 0) is 17.9 Å². The van der Waals surface area contributed by atoms with Crippen molar-refractivity contribution in [1.82, 2.24) is 20.1 Å². The Kier molecular flexibility index (Phi) is 7.83. The van der Waals surface area contributed by atoms with Gasteiger partial charge in [-0.15, -0.1) is 10.2 Å². The van der Waals surface area contributed by atoms with Gasteiger partial charge in [-0.1, -0.05) is 62.0 Å². The minimum Gasteiger partial charge on any atom is -0.345 e. The molecule has 3 aromatic rings. The number of thioether (sulfide) groups is 1. The van der Waals surface area contributed by atoms with Gasteiger partial charge in [0.15, 0.2) is 11.0 Å². The van der Waals surface area contributed by atoms with Gasteiger partial charge in [0.25, 0.3) is 5.91 Å². The van der Waals surface area contributed by atoms with Gasteiger partial charge in [-0.25, -0.2) is 0 Å². The highest BCUT2D eigenvalue weighted by atomic mass is 32.2. The minimum absolute atomic E-state index is 0.0947. The van der Waals surface area contributed by atoms with Gasteiger partial charge in [0.2, 0.25) is 5.91 Å². The fourth-order valence-electron chi connectivity index (χ4n) is 3.16. The number of benzene rings is 2. The van der Waals surface area contributed by atoms with Crippen LogP contribution in [-0.4, -0.2) is 32.3 Å². The first-order valence-corrected chi connectivity index (χ1v) is 11.2. The Balaban J connectivity index is 1.58. The third kappa shape index (κ3) is 5.95. The second-order valence-corrected chi connectivity index (χ2v) is 8.21. The highest BCUT2D eigenvalue weighted by molar-refractivity contribution is 7.99. The Morgan fingerprint density at radius 2 is 1.74 bits per heavy atom. The number of hydrogen-bond donors (Lipinski definition) is 2. The number of nitrogens with zero attached hydrogens (tertiary/aromatic N) is 3. The molecule has 0 unspecified atom stereocenters. The topological polar surface area (TPSA) is 88.9 Å². The molecule has 0 aliphatic heterocycles. The van der Waals surface area contributed by atoms with Crippen LogP contribution in [0.25, 0.3) is 0 Å². The van der Waals surface area contributed by atoms with E-state index in [4.69, 9.17) is 0 Å². The van der Waals surface area contributed by atoms with Gasteiger partial charge in [0, 0.05) is 17.8 Å². The van der Waals surface area contributed by atoms with Gasteiger partial charge in [0.05, 0.1) is 12.3 Å². The Labute approximate surface area is 186 Å². The van der Waals surface area contributed by atoms with E-state index >= 15 is 0 Å². The van der Waals surface area contributed by atoms with Crippen LogP contribution in [0.15, 0.2) is 59.8 Å². The van der Waals surface area contributed by atoms with Gasteiger partial charge in [-0.2, -0.15) is 0 Å². The maximum atomic E-state index is 12.5. The highest BCUT2D eigenvalue weighted by Gasteiger charge is 2.15. The largest absolute Gasteiger partial charge is 0.345 e. The van der Waals surface area contributed by atoms with E-state index in [9.17, 15) is 9.59 Å². The summed E-state index contributed by atoms with van der Waals surface area (Å²) in [7, 11) is 0. The highest BCUT2D eigenvalue weighted by Crippen LogP contribution is 2.24. The molecule has 1 heterocycles. The molecule has 0 aliphatic rings. The molecule has 8 heteroatoms. The fourth-order valence-corrected chi connectivity index (χ4v) is 3.98. The average Bonchev–Trinajstić information content (AvgIpc) is 3.18. The van der Waals surface area contributed by atoms with Gasteiger partial charge >= 0.3 is 0 Å². The van der Waals surface area contributed by atoms with E-state index in [0.717, 1.165) is 11.3 Å². The molecule has 0 atom stereocenters. The molecule has 0 aliphatic carbocycles. The fraction of sp³-hybridized carbons (Fsp3) is 0.304. The molecule has 2 aromatic carbocycles. The maximum absolute atomic E-state index is 12.5. The Hall–Kier alpha value is -3.13. The summed E-state index contributed by atoms with van der Waals surface area (Å²) in [6, 6.07) is 16.9. The van der Waals surface area contributed by atoms with Crippen LogP contribution in [0.1, 0.15) is 48.4 Å². The molecule has 162 valence electrons. The third-order valence-corrected chi connectivity index (χ3v) is 5.71. The molecule has 0 saturated carbocycles. The lowest BCUT2D eigenvalue weighted by atomic mass is 10.0. The van der Waals surface area contributed by atoms with E-state index < -0.39 is 0 Å². The summed E-state index contributed by atoms with van der Waals surface area (Å²) in [5, 5.41) is 14.9. The number of amides is 2. The van der Waals surface area contributed by atoms with Crippen molar-refractivity contribution >= 4 is 29.3 Å². The van der Waals surface area contributed by atoms with E-state index in [1.54, 1.807) is 12.1 Å². The van der Waals surface area contributed by atoms with Crippen LogP contribution in [0, 0.1) is 0 Å². The van der Waals surface area contributed by atoms with Crippen LogP contribution < -0.4 is 10.6 Å². The summed E-state index contributed by atoms with van der Waals surface area (Å²) in [6.45, 7) is 7.09. The average molecular weight is 438 g/mol. The molecular weight excluding hydrogens is 410 g/mol. The van der Waals surface area contributed by atoms with Gasteiger partial charge in [-0.3, -0.25) is 9.59 Å². The van der Waals surface area contributed by atoms with Crippen molar-refractivity contribution in [3.8, 4) is 0 Å². The van der Waals surface area contributed by atoms with E-state index in [0.29, 0.717) is 29.0 Å². The lowest BCUT2D eigenvalue weighted by Crippen LogP contribution is -2.24. The van der Waals surface area contributed by atoms with Crippen LogP contribution in [0.2, 0.25) is 0 Å². The molecular formula is C23H27N5O2S. The number of anilines is 1. The van der Waals surface area contributed by atoms with Crippen LogP contribution in [0.5, 0.6) is 0 Å². The summed E-state index contributed by atoms with van der Waals surface area (Å²) in [5.74, 6) is 0.938. The molecule has 3 rings (SSSR count). The molecule has 0 bridgehead atoms. The third-order valence-electron chi connectivity index (χ3n) is 4.74. The number of para-hydroxylation sites is 1. The second-order valence-electron chi connectivity index (χ2n) is 7.27. The van der Waals surface area contributed by atoms with E-state index in [1.165, 1.54) is 11.8 Å². The monoisotopic (exact) mass is 437 g/mol. The number of aromatic nitrogens is 3. The summed E-state index contributed by atoms with van der Waals surface area (Å²) in [5.41, 5.74) is 2.54. The first kappa shape index (κ1) is 22.6. The van der Waals surface area contributed by atoms with Gasteiger partial charge in [0.1, 0.15) is 0 Å². The molecule has 0 fully saturated rings. The standard InChI is InChI=1S/C23H27N5O2S/c1-4-28-20(14-24-22(30)17-10-6-5-7-11-17)26-27-23(28)31-15-21(29)25-19-13-9-8-12-18(19)16(2)3/h5-13,16H,4,14-15H2,1-3H3,(H,24,30)(H,25,29). The zero-order valence-electron chi connectivity index (χ0n) is 18.0. The zero-order chi connectivity index (χ0) is 22.2. The predicted octanol–water partition coefficient (Wildman–Crippen LogP) is 4.08. The molecule has 31 heavy (non-hydrogen) atoms. The first-order valence-electron chi connectivity index (χ1n) is 10.3. The Morgan fingerprint density at radius 1 is 1.03 bits per heavy atom. The quantitative estimate of drug-likeness (QED) is 0.493. The smallest absolute Gasteiger partial charge is 0.251 e. The van der Waals surface area contributed by atoms with Crippen LogP contribution in [0.4, 0.5) is 5.69 Å². The van der Waals surface area contributed by atoms with Crippen molar-refractivity contribution in [2.45, 2.75) is 44.9 Å². The molecule has 0 radical (unpaired) electrons. The van der Waals surface area contributed by atoms with Crippen molar-refractivity contribution in [3.63, 3.8) is 0 Å². The minimum atomic E-state index is -0.163. The van der Waals surface area contributed by atoms with Crippen molar-refractivity contribution < 1.29 is 9.59 Å². The summed E-state index contributed by atoms with van der Waals surface area (Å²) in [4.78, 5) is 24.8. The number of carbonyl (C=O) groups is 2. The predicted molar refractivity (Wildman–Crippen MR) is 123 cm³/mol. The second kappa shape index (κ2) is 10.8. The van der Waals surface area contributed by atoms with Crippen molar-refractivity contribution in [2.24, 2.45) is 0 Å². The van der Waals surface area contributed by atoms with E-state index in [2.05, 4.69) is 34.7 Å². The van der Waals surface area contributed by atoms with Crippen molar-refractivity contribution in [2.75, 3.05) is 11.1 Å². The Bertz CT molecular complexity index is 1030. The van der Waals surface area contributed by atoms with Crippen molar-refractivity contribution in [3.05, 3.63) is 71.5 Å². The maximum Gasteiger partial charge on any atom is 0.251 e. The molecule has 0 spiro atoms. The number of carbonyl (C=O) groups excluding carboxylic acids is 2. The molecule has 1 aromatic heterocycles. The van der Waals surface area contributed by atoms with Crippen LogP contribution in [0.3, 0.4) is 0 Å². The molecule has 0 saturated heterocycles.